The van der Waals surface area contributed by atoms with Crippen LogP contribution in [0.15, 0.2) is 0 Å². The number of nitrogens with one attached hydrogen (secondary N) is 2. The normalized spacial score (nSPS) is 10.7. The van der Waals surface area contributed by atoms with Crippen LogP contribution in [0.5, 0.6) is 0 Å². The van der Waals surface area contributed by atoms with Gasteiger partial charge in [-0.2, -0.15) is 0 Å². The SMILES string of the molecule is CC.CC.CCCCCC(CNCC)NC. The summed E-state index contributed by atoms with van der Waals surface area (Å²) in [4.78, 5) is 0. The van der Waals surface area contributed by atoms with E-state index in [0.717, 1.165) is 13.1 Å². The summed E-state index contributed by atoms with van der Waals surface area (Å²) in [5.41, 5.74) is 0. The number of rotatable bonds is 8. The zero-order valence-electron chi connectivity index (χ0n) is 12.8. The molecule has 0 aromatic heterocycles. The molecule has 0 spiro atoms. The Morgan fingerprint density at radius 2 is 1.50 bits per heavy atom. The lowest BCUT2D eigenvalue weighted by Crippen LogP contribution is -2.36. The lowest BCUT2D eigenvalue weighted by molar-refractivity contribution is 0.464. The topological polar surface area (TPSA) is 24.1 Å². The molecule has 0 saturated heterocycles. The number of unbranched alkanes of at least 4 members (excludes halogenated alkanes) is 2. The molecule has 0 bridgehead atoms. The van der Waals surface area contributed by atoms with Crippen molar-refractivity contribution in [1.29, 1.82) is 0 Å². The van der Waals surface area contributed by atoms with Gasteiger partial charge in [-0.25, -0.2) is 0 Å². The van der Waals surface area contributed by atoms with Gasteiger partial charge < -0.3 is 10.6 Å². The molecule has 2 heteroatoms. The van der Waals surface area contributed by atoms with Crippen molar-refractivity contribution in [2.45, 2.75) is 73.3 Å². The Kier molecular flexibility index (Phi) is 32.2. The van der Waals surface area contributed by atoms with Crippen molar-refractivity contribution < 1.29 is 0 Å². The molecule has 1 unspecified atom stereocenters. The highest BCUT2D eigenvalue weighted by molar-refractivity contribution is 4.66. The van der Waals surface area contributed by atoms with Gasteiger partial charge in [0.15, 0.2) is 0 Å². The Morgan fingerprint density at radius 3 is 1.88 bits per heavy atom. The molecule has 102 valence electrons. The molecule has 0 aromatic rings. The molecule has 0 amide bonds. The Bertz CT molecular complexity index is 84.8. The first-order chi connectivity index (χ1) is 7.85. The summed E-state index contributed by atoms with van der Waals surface area (Å²) in [6, 6.07) is 0.663. The van der Waals surface area contributed by atoms with Crippen LogP contribution < -0.4 is 10.6 Å². The van der Waals surface area contributed by atoms with E-state index in [-0.39, 0.29) is 0 Å². The van der Waals surface area contributed by atoms with Crippen LogP contribution in [0.2, 0.25) is 0 Å². The van der Waals surface area contributed by atoms with E-state index in [4.69, 9.17) is 0 Å². The van der Waals surface area contributed by atoms with E-state index in [0.29, 0.717) is 6.04 Å². The van der Waals surface area contributed by atoms with Crippen LogP contribution in [0.3, 0.4) is 0 Å². The molecule has 16 heavy (non-hydrogen) atoms. The second kappa shape index (κ2) is 24.2. The van der Waals surface area contributed by atoms with Gasteiger partial charge in [0.25, 0.3) is 0 Å². The summed E-state index contributed by atoms with van der Waals surface area (Å²) in [5.74, 6) is 0. The van der Waals surface area contributed by atoms with E-state index in [1.807, 2.05) is 34.7 Å². The summed E-state index contributed by atoms with van der Waals surface area (Å²) in [7, 11) is 2.05. The van der Waals surface area contributed by atoms with Crippen molar-refractivity contribution in [2.24, 2.45) is 0 Å². The zero-order chi connectivity index (χ0) is 13.2. The van der Waals surface area contributed by atoms with E-state index in [9.17, 15) is 0 Å². The lowest BCUT2D eigenvalue weighted by atomic mass is 10.1. The molecule has 2 N–H and O–H groups in total. The Morgan fingerprint density at radius 1 is 0.938 bits per heavy atom. The maximum absolute atomic E-state index is 3.36. The molecule has 1 atom stereocenters. The Balaban J connectivity index is -0.000000376. The molecule has 2 nitrogen and oxygen atoms in total. The molecule has 0 aromatic carbocycles. The first-order valence-corrected chi connectivity index (χ1v) is 7.23. The molecular formula is C14H36N2. The van der Waals surface area contributed by atoms with Gasteiger partial charge in [0.2, 0.25) is 0 Å². The Labute approximate surface area is 105 Å². The molecule has 0 aliphatic heterocycles. The van der Waals surface area contributed by atoms with Crippen LogP contribution in [0, 0.1) is 0 Å². The minimum absolute atomic E-state index is 0.663. The highest BCUT2D eigenvalue weighted by Gasteiger charge is 2.03. The minimum Gasteiger partial charge on any atom is -0.316 e. The molecule has 0 saturated carbocycles. The average molecular weight is 232 g/mol. The fourth-order valence-electron chi connectivity index (χ4n) is 1.31. The van der Waals surface area contributed by atoms with Crippen LogP contribution in [-0.2, 0) is 0 Å². The van der Waals surface area contributed by atoms with E-state index < -0.39 is 0 Å². The second-order valence-corrected chi connectivity index (χ2v) is 3.29. The zero-order valence-corrected chi connectivity index (χ0v) is 12.8. The van der Waals surface area contributed by atoms with Gasteiger partial charge in [0.05, 0.1) is 0 Å². The third kappa shape index (κ3) is 19.5. The summed E-state index contributed by atoms with van der Waals surface area (Å²) < 4.78 is 0. The number of hydrogen-bond acceptors (Lipinski definition) is 2. The van der Waals surface area contributed by atoms with Crippen molar-refractivity contribution in [2.75, 3.05) is 20.1 Å². The van der Waals surface area contributed by atoms with Crippen LogP contribution in [0.1, 0.15) is 67.2 Å². The molecule has 0 rings (SSSR count). The van der Waals surface area contributed by atoms with Gasteiger partial charge in [-0.15, -0.1) is 0 Å². The summed E-state index contributed by atoms with van der Waals surface area (Å²) in [5, 5.41) is 6.70. The fourth-order valence-corrected chi connectivity index (χ4v) is 1.31. The maximum atomic E-state index is 3.36. The third-order valence-electron chi connectivity index (χ3n) is 2.21. The second-order valence-electron chi connectivity index (χ2n) is 3.29. The van der Waals surface area contributed by atoms with Crippen molar-refractivity contribution in [1.82, 2.24) is 10.6 Å². The molecule has 0 aliphatic rings. The van der Waals surface area contributed by atoms with Gasteiger partial charge in [0.1, 0.15) is 0 Å². The van der Waals surface area contributed by atoms with Gasteiger partial charge in [0, 0.05) is 12.6 Å². The van der Waals surface area contributed by atoms with Crippen molar-refractivity contribution in [3.8, 4) is 0 Å². The van der Waals surface area contributed by atoms with Crippen LogP contribution >= 0.6 is 0 Å². The van der Waals surface area contributed by atoms with Gasteiger partial charge in [-0.1, -0.05) is 60.8 Å². The number of likely N-dealkylation sites (N-methyl/N-ethyl adjacent to an activating group) is 2. The van der Waals surface area contributed by atoms with Crippen LogP contribution in [0.4, 0.5) is 0 Å². The van der Waals surface area contributed by atoms with Gasteiger partial charge >= 0.3 is 0 Å². The van der Waals surface area contributed by atoms with E-state index >= 15 is 0 Å². The largest absolute Gasteiger partial charge is 0.316 e. The predicted octanol–water partition coefficient (Wildman–Crippen LogP) is 3.82. The fraction of sp³-hybridized carbons (Fsp3) is 1.00. The quantitative estimate of drug-likeness (QED) is 0.622. The molecule has 0 radical (unpaired) electrons. The summed E-state index contributed by atoms with van der Waals surface area (Å²) in [6.07, 6.45) is 5.34. The average Bonchev–Trinajstić information content (AvgIpc) is 2.38. The van der Waals surface area contributed by atoms with Crippen molar-refractivity contribution >= 4 is 0 Å². The first-order valence-electron chi connectivity index (χ1n) is 7.23. The maximum Gasteiger partial charge on any atom is 0.0189 e. The predicted molar refractivity (Wildman–Crippen MR) is 78.2 cm³/mol. The summed E-state index contributed by atoms with van der Waals surface area (Å²) >= 11 is 0. The highest BCUT2D eigenvalue weighted by Crippen LogP contribution is 2.02. The highest BCUT2D eigenvalue weighted by atomic mass is 15.0. The van der Waals surface area contributed by atoms with Crippen molar-refractivity contribution in [3.63, 3.8) is 0 Å². The van der Waals surface area contributed by atoms with E-state index in [2.05, 4.69) is 24.5 Å². The molecule has 0 aliphatic carbocycles. The van der Waals surface area contributed by atoms with E-state index in [1.165, 1.54) is 25.7 Å². The molecular weight excluding hydrogens is 196 g/mol. The van der Waals surface area contributed by atoms with Crippen molar-refractivity contribution in [3.05, 3.63) is 0 Å². The first kappa shape index (κ1) is 21.2. The van der Waals surface area contributed by atoms with Crippen LogP contribution in [0.25, 0.3) is 0 Å². The molecule has 0 fully saturated rings. The standard InChI is InChI=1S/C10H24N2.2C2H6/c1-4-6-7-8-10(11-3)9-12-5-2;2*1-2/h10-12H,4-9H2,1-3H3;2*1-2H3. The lowest BCUT2D eigenvalue weighted by Gasteiger charge is -2.15. The Hall–Kier alpha value is -0.0800. The minimum atomic E-state index is 0.663. The monoisotopic (exact) mass is 232 g/mol. The van der Waals surface area contributed by atoms with Crippen LogP contribution in [-0.4, -0.2) is 26.2 Å². The summed E-state index contributed by atoms with van der Waals surface area (Å²) in [6.45, 7) is 14.6. The molecule has 0 heterocycles. The third-order valence-corrected chi connectivity index (χ3v) is 2.21. The van der Waals surface area contributed by atoms with Gasteiger partial charge in [-0.05, 0) is 20.0 Å². The number of hydrogen-bond donors (Lipinski definition) is 2. The smallest absolute Gasteiger partial charge is 0.0189 e. The van der Waals surface area contributed by atoms with Gasteiger partial charge in [-0.3, -0.25) is 0 Å². The van der Waals surface area contributed by atoms with E-state index in [1.54, 1.807) is 0 Å².